The van der Waals surface area contributed by atoms with Crippen molar-refractivity contribution in [1.82, 2.24) is 0 Å². The second kappa shape index (κ2) is 9.40. The molecule has 0 fully saturated rings. The molecule has 0 aromatic carbocycles. The van der Waals surface area contributed by atoms with Gasteiger partial charge in [-0.05, 0) is 25.5 Å². The first kappa shape index (κ1) is 13.8. The Bertz CT molecular complexity index is 224. The molecule has 0 heterocycles. The molecule has 0 bridgehead atoms. The van der Waals surface area contributed by atoms with Crippen LogP contribution in [0, 0.1) is 0 Å². The molecule has 0 atom stereocenters. The molecule has 0 saturated heterocycles. The summed E-state index contributed by atoms with van der Waals surface area (Å²) in [6, 6.07) is 0. The van der Waals surface area contributed by atoms with Crippen LogP contribution in [-0.2, 0) is 9.59 Å². The summed E-state index contributed by atoms with van der Waals surface area (Å²) in [4.78, 5) is 21.2. The molecule has 0 unspecified atom stereocenters. The number of carbonyl (C=O) groups excluding carboxylic acids is 1. The van der Waals surface area contributed by atoms with E-state index in [1.54, 1.807) is 0 Å². The van der Waals surface area contributed by atoms with Gasteiger partial charge in [0.15, 0.2) is 5.78 Å². The van der Waals surface area contributed by atoms with E-state index in [2.05, 4.69) is 0 Å². The van der Waals surface area contributed by atoms with Gasteiger partial charge in [0.05, 0.1) is 0 Å². The molecule has 0 amide bonds. The molecule has 0 aliphatic rings. The van der Waals surface area contributed by atoms with E-state index in [1.165, 1.54) is 0 Å². The van der Waals surface area contributed by atoms with E-state index < -0.39 is 5.97 Å². The van der Waals surface area contributed by atoms with Crippen molar-refractivity contribution in [2.75, 3.05) is 6.54 Å². The molecule has 0 aliphatic carbocycles. The van der Waals surface area contributed by atoms with Crippen LogP contribution in [0.15, 0.2) is 12.2 Å². The molecule has 0 aromatic heterocycles. The van der Waals surface area contributed by atoms with Crippen LogP contribution in [0.3, 0.4) is 0 Å². The van der Waals surface area contributed by atoms with Gasteiger partial charge in [-0.2, -0.15) is 0 Å². The SMILES string of the molecule is NCCCCCCCC(=O)/C=C\C(=O)O. The molecule has 3 N–H and O–H groups in total. The number of carboxylic acids is 1. The Hall–Kier alpha value is -1.16. The summed E-state index contributed by atoms with van der Waals surface area (Å²) in [7, 11) is 0. The molecule has 15 heavy (non-hydrogen) atoms. The van der Waals surface area contributed by atoms with Gasteiger partial charge in [0.2, 0.25) is 0 Å². The Morgan fingerprint density at radius 1 is 1.00 bits per heavy atom. The monoisotopic (exact) mass is 213 g/mol. The lowest BCUT2D eigenvalue weighted by Gasteiger charge is -1.98. The standard InChI is InChI=1S/C11H19NO3/c12-9-5-3-1-2-4-6-10(13)7-8-11(14)15/h7-8H,1-6,9,12H2,(H,14,15)/b8-7-. The zero-order valence-electron chi connectivity index (χ0n) is 8.95. The van der Waals surface area contributed by atoms with Gasteiger partial charge in [-0.15, -0.1) is 0 Å². The zero-order chi connectivity index (χ0) is 11.5. The predicted octanol–water partition coefficient (Wildman–Crippen LogP) is 1.50. The van der Waals surface area contributed by atoms with Gasteiger partial charge in [0.25, 0.3) is 0 Å². The molecule has 0 aromatic rings. The van der Waals surface area contributed by atoms with Gasteiger partial charge in [-0.3, -0.25) is 4.79 Å². The summed E-state index contributed by atoms with van der Waals surface area (Å²) in [5, 5.41) is 8.28. The number of unbranched alkanes of at least 4 members (excludes halogenated alkanes) is 4. The summed E-state index contributed by atoms with van der Waals surface area (Å²) >= 11 is 0. The average Bonchev–Trinajstić information content (AvgIpc) is 2.20. The molecular formula is C11H19NO3. The number of carboxylic acid groups (broad SMARTS) is 1. The molecule has 4 heteroatoms. The molecule has 0 radical (unpaired) electrons. The smallest absolute Gasteiger partial charge is 0.328 e. The molecule has 86 valence electrons. The minimum Gasteiger partial charge on any atom is -0.478 e. The highest BCUT2D eigenvalue weighted by Crippen LogP contribution is 2.05. The first-order valence-corrected chi connectivity index (χ1v) is 5.30. The van der Waals surface area contributed by atoms with E-state index in [4.69, 9.17) is 10.8 Å². The number of hydrogen-bond acceptors (Lipinski definition) is 3. The topological polar surface area (TPSA) is 80.4 Å². The van der Waals surface area contributed by atoms with E-state index in [9.17, 15) is 9.59 Å². The fourth-order valence-electron chi connectivity index (χ4n) is 1.22. The molecule has 0 spiro atoms. The zero-order valence-corrected chi connectivity index (χ0v) is 8.95. The number of nitrogens with two attached hydrogens (primary N) is 1. The Labute approximate surface area is 90.2 Å². The van der Waals surface area contributed by atoms with Crippen molar-refractivity contribution in [3.8, 4) is 0 Å². The number of hydrogen-bond donors (Lipinski definition) is 2. The minimum absolute atomic E-state index is 0.115. The second-order valence-electron chi connectivity index (χ2n) is 3.44. The summed E-state index contributed by atoms with van der Waals surface area (Å²) < 4.78 is 0. The summed E-state index contributed by atoms with van der Waals surface area (Å²) in [5.41, 5.74) is 5.34. The Morgan fingerprint density at radius 3 is 2.20 bits per heavy atom. The third kappa shape index (κ3) is 10.8. The normalized spacial score (nSPS) is 10.7. The van der Waals surface area contributed by atoms with Crippen LogP contribution >= 0.6 is 0 Å². The summed E-state index contributed by atoms with van der Waals surface area (Å²) in [6.45, 7) is 0.722. The number of ketones is 1. The fourth-order valence-corrected chi connectivity index (χ4v) is 1.22. The maximum Gasteiger partial charge on any atom is 0.328 e. The predicted molar refractivity (Wildman–Crippen MR) is 58.5 cm³/mol. The van der Waals surface area contributed by atoms with Gasteiger partial charge in [0, 0.05) is 12.5 Å². The third-order valence-electron chi connectivity index (χ3n) is 2.04. The van der Waals surface area contributed by atoms with E-state index in [0.717, 1.165) is 50.8 Å². The molecule has 0 aliphatic heterocycles. The lowest BCUT2D eigenvalue weighted by atomic mass is 10.1. The number of allylic oxidation sites excluding steroid dienone is 1. The Balaban J connectivity index is 3.35. The Morgan fingerprint density at radius 2 is 1.60 bits per heavy atom. The van der Waals surface area contributed by atoms with E-state index in [1.807, 2.05) is 0 Å². The van der Waals surface area contributed by atoms with Crippen molar-refractivity contribution < 1.29 is 14.7 Å². The minimum atomic E-state index is -1.08. The van der Waals surface area contributed by atoms with Crippen LogP contribution in [0.4, 0.5) is 0 Å². The number of aliphatic carboxylic acids is 1. The van der Waals surface area contributed by atoms with Crippen LogP contribution in [0.1, 0.15) is 38.5 Å². The maximum atomic E-state index is 11.1. The van der Waals surface area contributed by atoms with E-state index in [0.29, 0.717) is 6.42 Å². The average molecular weight is 213 g/mol. The maximum absolute atomic E-state index is 11.1. The lowest BCUT2D eigenvalue weighted by molar-refractivity contribution is -0.131. The molecule has 0 saturated carbocycles. The Kier molecular flexibility index (Phi) is 8.67. The van der Waals surface area contributed by atoms with Crippen molar-refractivity contribution in [2.45, 2.75) is 38.5 Å². The number of rotatable bonds is 9. The quantitative estimate of drug-likeness (QED) is 0.449. The first-order valence-electron chi connectivity index (χ1n) is 5.30. The van der Waals surface area contributed by atoms with Crippen LogP contribution in [-0.4, -0.2) is 23.4 Å². The first-order chi connectivity index (χ1) is 7.16. The highest BCUT2D eigenvalue weighted by atomic mass is 16.4. The van der Waals surface area contributed by atoms with Crippen molar-refractivity contribution in [3.63, 3.8) is 0 Å². The fraction of sp³-hybridized carbons (Fsp3) is 0.636. The van der Waals surface area contributed by atoms with E-state index in [-0.39, 0.29) is 5.78 Å². The van der Waals surface area contributed by atoms with Crippen molar-refractivity contribution in [2.24, 2.45) is 5.73 Å². The third-order valence-corrected chi connectivity index (χ3v) is 2.04. The van der Waals surface area contributed by atoms with Crippen LogP contribution in [0.25, 0.3) is 0 Å². The van der Waals surface area contributed by atoms with Gasteiger partial charge in [0.1, 0.15) is 0 Å². The highest BCUT2D eigenvalue weighted by Gasteiger charge is 1.97. The highest BCUT2D eigenvalue weighted by molar-refractivity contribution is 5.95. The van der Waals surface area contributed by atoms with Crippen molar-refractivity contribution >= 4 is 11.8 Å². The number of carbonyl (C=O) groups is 2. The van der Waals surface area contributed by atoms with Crippen LogP contribution < -0.4 is 5.73 Å². The van der Waals surface area contributed by atoms with Crippen LogP contribution in [0.2, 0.25) is 0 Å². The van der Waals surface area contributed by atoms with E-state index >= 15 is 0 Å². The second-order valence-corrected chi connectivity index (χ2v) is 3.44. The molecular weight excluding hydrogens is 194 g/mol. The van der Waals surface area contributed by atoms with Crippen molar-refractivity contribution in [1.29, 1.82) is 0 Å². The van der Waals surface area contributed by atoms with Gasteiger partial charge in [-0.1, -0.05) is 19.3 Å². The van der Waals surface area contributed by atoms with Crippen molar-refractivity contribution in [3.05, 3.63) is 12.2 Å². The van der Waals surface area contributed by atoms with Gasteiger partial charge < -0.3 is 10.8 Å². The van der Waals surface area contributed by atoms with Gasteiger partial charge >= 0.3 is 5.97 Å². The van der Waals surface area contributed by atoms with Gasteiger partial charge in [-0.25, -0.2) is 4.79 Å². The molecule has 0 rings (SSSR count). The molecule has 4 nitrogen and oxygen atoms in total. The van der Waals surface area contributed by atoms with Crippen LogP contribution in [0.5, 0.6) is 0 Å². The largest absolute Gasteiger partial charge is 0.478 e. The summed E-state index contributed by atoms with van der Waals surface area (Å²) in [5.74, 6) is -1.19. The lowest BCUT2D eigenvalue weighted by Crippen LogP contribution is -1.98. The summed E-state index contributed by atoms with van der Waals surface area (Å²) in [6.07, 6.45) is 7.51.